The van der Waals surface area contributed by atoms with Crippen LogP contribution in [0.4, 0.5) is 0 Å². The van der Waals surface area contributed by atoms with E-state index in [9.17, 15) is 0 Å². The summed E-state index contributed by atoms with van der Waals surface area (Å²) in [7, 11) is 1.76. The van der Waals surface area contributed by atoms with Crippen molar-refractivity contribution in [3.63, 3.8) is 0 Å². The largest absolute Gasteiger partial charge is 0.468 e. The van der Waals surface area contributed by atoms with Crippen molar-refractivity contribution in [1.29, 1.82) is 0 Å². The Morgan fingerprint density at radius 3 is 2.62 bits per heavy atom. The molecule has 0 atom stereocenters. The normalized spacial score (nSPS) is 19.1. The lowest BCUT2D eigenvalue weighted by Gasteiger charge is -2.33. The summed E-state index contributed by atoms with van der Waals surface area (Å²) < 4.78 is 10.4. The minimum Gasteiger partial charge on any atom is -0.468 e. The molecule has 0 amide bonds. The van der Waals surface area contributed by atoms with Crippen LogP contribution in [-0.2, 0) is 11.3 Å². The van der Waals surface area contributed by atoms with E-state index in [4.69, 9.17) is 9.15 Å². The lowest BCUT2D eigenvalue weighted by molar-refractivity contribution is 0.0905. The summed E-state index contributed by atoms with van der Waals surface area (Å²) in [5.74, 6) is 1.06. The van der Waals surface area contributed by atoms with Crippen molar-refractivity contribution in [3.8, 4) is 0 Å². The van der Waals surface area contributed by atoms with E-state index in [1.807, 2.05) is 12.1 Å². The minimum atomic E-state index is 0.832. The number of furan rings is 1. The highest BCUT2D eigenvalue weighted by atomic mass is 16.5. The zero-order chi connectivity index (χ0) is 11.2. The highest BCUT2D eigenvalue weighted by Crippen LogP contribution is 2.08. The molecule has 0 unspecified atom stereocenters. The second-order valence-corrected chi connectivity index (χ2v) is 4.19. The summed E-state index contributed by atoms with van der Waals surface area (Å²) in [6.07, 6.45) is 1.74. The molecule has 2 heterocycles. The summed E-state index contributed by atoms with van der Waals surface area (Å²) in [5.41, 5.74) is 0. The average molecular weight is 224 g/mol. The molecule has 1 aromatic heterocycles. The van der Waals surface area contributed by atoms with Gasteiger partial charge in [0.05, 0.1) is 19.4 Å². The second kappa shape index (κ2) is 6.03. The summed E-state index contributed by atoms with van der Waals surface area (Å²) >= 11 is 0. The maximum Gasteiger partial charge on any atom is 0.117 e. The van der Waals surface area contributed by atoms with Gasteiger partial charge in [-0.05, 0) is 12.1 Å². The van der Waals surface area contributed by atoms with Crippen LogP contribution in [0.25, 0.3) is 0 Å². The molecule has 2 rings (SSSR count). The summed E-state index contributed by atoms with van der Waals surface area (Å²) in [5, 5.41) is 0. The molecule has 90 valence electrons. The number of hydrogen-bond donors (Lipinski definition) is 0. The molecule has 4 heteroatoms. The van der Waals surface area contributed by atoms with Gasteiger partial charge in [0.25, 0.3) is 0 Å². The lowest BCUT2D eigenvalue weighted by Crippen LogP contribution is -2.46. The Morgan fingerprint density at radius 2 is 2.00 bits per heavy atom. The molecule has 0 spiro atoms. The van der Waals surface area contributed by atoms with Crippen molar-refractivity contribution in [2.75, 3.05) is 46.4 Å². The highest BCUT2D eigenvalue weighted by Gasteiger charge is 2.16. The van der Waals surface area contributed by atoms with E-state index in [-0.39, 0.29) is 0 Å². The SMILES string of the molecule is COCCN1CCN(Cc2ccco2)CC1. The van der Waals surface area contributed by atoms with Gasteiger partial charge in [0, 0.05) is 39.8 Å². The number of rotatable bonds is 5. The molecule has 1 aliphatic rings. The smallest absolute Gasteiger partial charge is 0.117 e. The van der Waals surface area contributed by atoms with Crippen molar-refractivity contribution in [1.82, 2.24) is 9.80 Å². The van der Waals surface area contributed by atoms with Gasteiger partial charge in [-0.3, -0.25) is 9.80 Å². The third-order valence-electron chi connectivity index (χ3n) is 3.04. The van der Waals surface area contributed by atoms with Crippen molar-refractivity contribution in [2.24, 2.45) is 0 Å². The Labute approximate surface area is 96.8 Å². The first-order valence-corrected chi connectivity index (χ1v) is 5.84. The fourth-order valence-corrected chi connectivity index (χ4v) is 2.01. The van der Waals surface area contributed by atoms with Gasteiger partial charge in [0.1, 0.15) is 5.76 Å². The Bertz CT molecular complexity index is 279. The van der Waals surface area contributed by atoms with Gasteiger partial charge in [0.2, 0.25) is 0 Å². The molecular weight excluding hydrogens is 204 g/mol. The van der Waals surface area contributed by atoms with E-state index in [1.54, 1.807) is 13.4 Å². The third kappa shape index (κ3) is 3.33. The van der Waals surface area contributed by atoms with Crippen molar-refractivity contribution in [3.05, 3.63) is 24.2 Å². The first kappa shape index (κ1) is 11.6. The molecule has 1 aliphatic heterocycles. The number of methoxy groups -OCH3 is 1. The van der Waals surface area contributed by atoms with Crippen LogP contribution in [0, 0.1) is 0 Å². The average Bonchev–Trinajstić information content (AvgIpc) is 2.81. The van der Waals surface area contributed by atoms with E-state index in [0.29, 0.717) is 0 Å². The standard InChI is InChI=1S/C12H20N2O2/c1-15-10-8-13-4-6-14(7-5-13)11-12-3-2-9-16-12/h2-3,9H,4-8,10-11H2,1H3. The van der Waals surface area contributed by atoms with Gasteiger partial charge < -0.3 is 9.15 Å². The molecular formula is C12H20N2O2. The Morgan fingerprint density at radius 1 is 1.25 bits per heavy atom. The van der Waals surface area contributed by atoms with E-state index >= 15 is 0 Å². The Balaban J connectivity index is 1.69. The Kier molecular flexibility index (Phi) is 4.39. The molecule has 0 aliphatic carbocycles. The molecule has 0 saturated carbocycles. The molecule has 1 fully saturated rings. The third-order valence-corrected chi connectivity index (χ3v) is 3.04. The fraction of sp³-hybridized carbons (Fsp3) is 0.667. The summed E-state index contributed by atoms with van der Waals surface area (Å²) in [4.78, 5) is 4.88. The number of ether oxygens (including phenoxy) is 1. The molecule has 0 aromatic carbocycles. The van der Waals surface area contributed by atoms with E-state index in [2.05, 4.69) is 9.80 Å². The zero-order valence-corrected chi connectivity index (χ0v) is 9.89. The van der Waals surface area contributed by atoms with Gasteiger partial charge in [0.15, 0.2) is 0 Å². The van der Waals surface area contributed by atoms with Gasteiger partial charge in [-0.2, -0.15) is 0 Å². The molecule has 0 N–H and O–H groups in total. The van der Waals surface area contributed by atoms with Crippen LogP contribution in [0.5, 0.6) is 0 Å². The molecule has 0 bridgehead atoms. The predicted molar refractivity (Wildman–Crippen MR) is 62.3 cm³/mol. The fourth-order valence-electron chi connectivity index (χ4n) is 2.01. The quantitative estimate of drug-likeness (QED) is 0.747. The van der Waals surface area contributed by atoms with Crippen LogP contribution in [0.3, 0.4) is 0 Å². The predicted octanol–water partition coefficient (Wildman–Crippen LogP) is 1.04. The molecule has 16 heavy (non-hydrogen) atoms. The van der Waals surface area contributed by atoms with Crippen LogP contribution < -0.4 is 0 Å². The number of nitrogens with zero attached hydrogens (tertiary/aromatic N) is 2. The van der Waals surface area contributed by atoms with E-state index in [0.717, 1.165) is 51.6 Å². The molecule has 0 radical (unpaired) electrons. The van der Waals surface area contributed by atoms with Gasteiger partial charge >= 0.3 is 0 Å². The first-order valence-electron chi connectivity index (χ1n) is 5.84. The van der Waals surface area contributed by atoms with Gasteiger partial charge in [-0.15, -0.1) is 0 Å². The molecule has 1 aromatic rings. The lowest BCUT2D eigenvalue weighted by atomic mass is 10.3. The van der Waals surface area contributed by atoms with E-state index in [1.165, 1.54) is 0 Å². The maximum absolute atomic E-state index is 5.35. The number of piperazine rings is 1. The van der Waals surface area contributed by atoms with Gasteiger partial charge in [-0.1, -0.05) is 0 Å². The molecule has 1 saturated heterocycles. The van der Waals surface area contributed by atoms with Crippen LogP contribution >= 0.6 is 0 Å². The van der Waals surface area contributed by atoms with Crippen LogP contribution in [0.15, 0.2) is 22.8 Å². The first-order chi connectivity index (χ1) is 7.88. The van der Waals surface area contributed by atoms with Gasteiger partial charge in [-0.25, -0.2) is 0 Å². The topological polar surface area (TPSA) is 28.9 Å². The second-order valence-electron chi connectivity index (χ2n) is 4.19. The van der Waals surface area contributed by atoms with Crippen LogP contribution in [0.2, 0.25) is 0 Å². The Hall–Kier alpha value is -0.840. The minimum absolute atomic E-state index is 0.832. The van der Waals surface area contributed by atoms with Crippen molar-refractivity contribution in [2.45, 2.75) is 6.54 Å². The van der Waals surface area contributed by atoms with Crippen LogP contribution in [-0.4, -0.2) is 56.2 Å². The zero-order valence-electron chi connectivity index (χ0n) is 9.89. The monoisotopic (exact) mass is 224 g/mol. The highest BCUT2D eigenvalue weighted by molar-refractivity contribution is 4.98. The van der Waals surface area contributed by atoms with E-state index < -0.39 is 0 Å². The number of hydrogen-bond acceptors (Lipinski definition) is 4. The summed E-state index contributed by atoms with van der Waals surface area (Å²) in [6, 6.07) is 3.99. The molecule has 4 nitrogen and oxygen atoms in total. The van der Waals surface area contributed by atoms with Crippen molar-refractivity contribution < 1.29 is 9.15 Å². The summed E-state index contributed by atoms with van der Waals surface area (Å²) in [6.45, 7) is 7.30. The van der Waals surface area contributed by atoms with Crippen molar-refractivity contribution >= 4 is 0 Å². The van der Waals surface area contributed by atoms with Crippen LogP contribution in [0.1, 0.15) is 5.76 Å². The maximum atomic E-state index is 5.35.